The molecule has 0 saturated carbocycles. The molecule has 0 radical (unpaired) electrons. The van der Waals surface area contributed by atoms with Crippen LogP contribution in [0.1, 0.15) is 66.2 Å². The fourth-order valence-corrected chi connectivity index (χ4v) is 8.53. The summed E-state index contributed by atoms with van der Waals surface area (Å²) in [5.41, 5.74) is -0.367. The van der Waals surface area contributed by atoms with Crippen LogP contribution in [-0.2, 0) is 8.99 Å². The molecule has 0 aliphatic carbocycles. The van der Waals surface area contributed by atoms with Crippen LogP contribution in [0.3, 0.4) is 0 Å². The summed E-state index contributed by atoms with van der Waals surface area (Å²) in [6, 6.07) is 19.5. The minimum Gasteiger partial charge on any atom is -0.417 e. The number of rotatable bonds is 13. The van der Waals surface area contributed by atoms with Crippen LogP contribution in [-0.4, -0.2) is 31.8 Å². The van der Waals surface area contributed by atoms with E-state index in [1.54, 1.807) is 0 Å². The Morgan fingerprint density at radius 2 is 1.39 bits per heavy atom. The lowest BCUT2D eigenvalue weighted by molar-refractivity contribution is 0.141. The number of aliphatic hydroxyl groups excluding tert-OH is 1. The third-order valence-corrected chi connectivity index (χ3v) is 15.4. The lowest BCUT2D eigenvalue weighted by Crippen LogP contribution is -2.42. The van der Waals surface area contributed by atoms with Crippen LogP contribution < -0.4 is 10.6 Å². The molecule has 2 aromatic rings. The van der Waals surface area contributed by atoms with Gasteiger partial charge in [0.1, 0.15) is 7.14 Å². The summed E-state index contributed by atoms with van der Waals surface area (Å²) < 4.78 is 21.5. The number of benzene rings is 2. The zero-order valence-corrected chi connectivity index (χ0v) is 23.5. The summed E-state index contributed by atoms with van der Waals surface area (Å²) in [6.45, 7) is 13.9. The normalized spacial score (nSPS) is 14.8. The van der Waals surface area contributed by atoms with Crippen LogP contribution >= 0.6 is 7.14 Å². The van der Waals surface area contributed by atoms with Crippen molar-refractivity contribution in [1.82, 2.24) is 0 Å². The Balaban J connectivity index is 2.40. The van der Waals surface area contributed by atoms with Crippen LogP contribution in [0.2, 0.25) is 18.1 Å². The van der Waals surface area contributed by atoms with E-state index < -0.39 is 21.6 Å². The smallest absolute Gasteiger partial charge is 0.191 e. The lowest BCUT2D eigenvalue weighted by atomic mass is 10.1. The second kappa shape index (κ2) is 12.5. The molecular weight excluding hydrogens is 443 g/mol. The van der Waals surface area contributed by atoms with Crippen LogP contribution in [0.15, 0.2) is 60.7 Å². The van der Waals surface area contributed by atoms with Gasteiger partial charge in [-0.05, 0) is 31.0 Å². The maximum absolute atomic E-state index is 15.0. The first-order valence-corrected chi connectivity index (χ1v) is 17.3. The van der Waals surface area contributed by atoms with Gasteiger partial charge < -0.3 is 14.1 Å². The highest BCUT2D eigenvalue weighted by Crippen LogP contribution is 2.52. The van der Waals surface area contributed by atoms with Gasteiger partial charge in [-0.2, -0.15) is 0 Å². The molecule has 2 rings (SSSR count). The van der Waals surface area contributed by atoms with Gasteiger partial charge in [-0.15, -0.1) is 0 Å². The van der Waals surface area contributed by atoms with Crippen molar-refractivity contribution in [1.29, 1.82) is 0 Å². The molecule has 0 aliphatic heterocycles. The lowest BCUT2D eigenvalue weighted by Gasteiger charge is -2.38. The second-order valence-electron chi connectivity index (χ2n) is 10.7. The Bertz CT molecular complexity index is 818. The van der Waals surface area contributed by atoms with Gasteiger partial charge in [-0.25, -0.2) is 0 Å². The minimum absolute atomic E-state index is 0.115. The molecule has 0 fully saturated rings. The predicted molar refractivity (Wildman–Crippen MR) is 146 cm³/mol. The molecule has 0 heterocycles. The summed E-state index contributed by atoms with van der Waals surface area (Å²) >= 11 is 0. The Morgan fingerprint density at radius 3 is 1.85 bits per heavy atom. The van der Waals surface area contributed by atoms with Gasteiger partial charge >= 0.3 is 0 Å². The van der Waals surface area contributed by atoms with Crippen molar-refractivity contribution in [3.63, 3.8) is 0 Å². The van der Waals surface area contributed by atoms with E-state index in [-0.39, 0.29) is 10.7 Å². The summed E-state index contributed by atoms with van der Waals surface area (Å²) in [5.74, 6) is 0. The third-order valence-electron chi connectivity index (χ3n) is 7.23. The van der Waals surface area contributed by atoms with E-state index in [1.165, 1.54) is 6.42 Å². The molecular formula is C28H45O3PSi. The molecule has 0 saturated heterocycles. The monoisotopic (exact) mass is 488 g/mol. The molecule has 0 aromatic heterocycles. The van der Waals surface area contributed by atoms with Gasteiger partial charge in [0.25, 0.3) is 0 Å². The van der Waals surface area contributed by atoms with Gasteiger partial charge in [-0.3, -0.25) is 0 Å². The van der Waals surface area contributed by atoms with Crippen LogP contribution in [0, 0.1) is 0 Å². The Morgan fingerprint density at radius 1 is 0.879 bits per heavy atom. The number of aliphatic hydroxyl groups is 1. The van der Waals surface area contributed by atoms with Gasteiger partial charge in [-0.1, -0.05) is 114 Å². The molecule has 0 aliphatic rings. The fourth-order valence-electron chi connectivity index (χ4n) is 4.07. The maximum Gasteiger partial charge on any atom is 0.191 e. The van der Waals surface area contributed by atoms with Gasteiger partial charge in [0.2, 0.25) is 0 Å². The standard InChI is InChI=1S/C28H45O3PSi/c1-7-8-9-16-21-26(29)27(22-23-31-33(5,6)28(2,3)4)32(30,24-17-12-10-13-18-24)25-19-14-11-15-20-25/h10-15,17-20,26-27,29H,7-9,16,21-23H2,1-6H3/t26-,27-/m0/s1. The molecule has 33 heavy (non-hydrogen) atoms. The molecule has 2 atom stereocenters. The van der Waals surface area contributed by atoms with E-state index in [2.05, 4.69) is 40.8 Å². The fraction of sp³-hybridized carbons (Fsp3) is 0.571. The molecule has 0 amide bonds. The highest BCUT2D eigenvalue weighted by molar-refractivity contribution is 7.79. The molecule has 0 spiro atoms. The van der Waals surface area contributed by atoms with Crippen molar-refractivity contribution in [3.05, 3.63) is 60.7 Å². The first-order chi connectivity index (χ1) is 15.5. The third kappa shape index (κ3) is 7.39. The van der Waals surface area contributed by atoms with Crippen LogP contribution in [0.5, 0.6) is 0 Å². The van der Waals surface area contributed by atoms with E-state index in [4.69, 9.17) is 4.43 Å². The average molecular weight is 489 g/mol. The highest BCUT2D eigenvalue weighted by Gasteiger charge is 2.42. The Kier molecular flexibility index (Phi) is 10.6. The summed E-state index contributed by atoms with van der Waals surface area (Å²) in [5, 5.41) is 13.2. The number of hydrogen-bond acceptors (Lipinski definition) is 3. The Labute approximate surface area is 203 Å². The van der Waals surface area contributed by atoms with E-state index in [0.717, 1.165) is 29.9 Å². The summed E-state index contributed by atoms with van der Waals surface area (Å²) in [6.07, 6.45) is 5.01. The minimum atomic E-state index is -3.08. The van der Waals surface area contributed by atoms with Crippen molar-refractivity contribution in [2.75, 3.05) is 6.61 Å². The Hall–Kier alpha value is -1.19. The van der Waals surface area contributed by atoms with Gasteiger partial charge in [0, 0.05) is 22.9 Å². The van der Waals surface area contributed by atoms with E-state index >= 15 is 0 Å². The summed E-state index contributed by atoms with van der Waals surface area (Å²) in [7, 11) is -5.01. The molecule has 2 aromatic carbocycles. The topological polar surface area (TPSA) is 46.5 Å². The van der Waals surface area contributed by atoms with E-state index in [9.17, 15) is 9.67 Å². The van der Waals surface area contributed by atoms with Crippen molar-refractivity contribution < 1.29 is 14.1 Å². The summed E-state index contributed by atoms with van der Waals surface area (Å²) in [4.78, 5) is 0. The van der Waals surface area contributed by atoms with Crippen molar-refractivity contribution in [3.8, 4) is 0 Å². The maximum atomic E-state index is 15.0. The number of unbranched alkanes of at least 4 members (excludes halogenated alkanes) is 3. The second-order valence-corrected chi connectivity index (χ2v) is 18.5. The molecule has 0 unspecified atom stereocenters. The van der Waals surface area contributed by atoms with Gasteiger partial charge in [0.05, 0.1) is 6.10 Å². The molecule has 184 valence electrons. The highest BCUT2D eigenvalue weighted by atomic mass is 31.2. The first-order valence-electron chi connectivity index (χ1n) is 12.6. The molecule has 5 heteroatoms. The largest absolute Gasteiger partial charge is 0.417 e. The van der Waals surface area contributed by atoms with Crippen molar-refractivity contribution in [2.45, 2.75) is 96.1 Å². The van der Waals surface area contributed by atoms with Crippen LogP contribution in [0.4, 0.5) is 0 Å². The molecule has 3 nitrogen and oxygen atoms in total. The molecule has 1 N–H and O–H groups in total. The quantitative estimate of drug-likeness (QED) is 0.186. The first kappa shape index (κ1) is 28.0. The SMILES string of the molecule is CCCCCC[C@H](O)[C@H](CCO[Si](C)(C)C(C)(C)C)P(=O)(c1ccccc1)c1ccccc1. The zero-order valence-electron chi connectivity index (χ0n) is 21.6. The predicted octanol–water partition coefficient (Wildman–Crippen LogP) is 7.11. The zero-order chi connectivity index (χ0) is 24.5. The van der Waals surface area contributed by atoms with Crippen LogP contribution in [0.25, 0.3) is 0 Å². The average Bonchev–Trinajstić information content (AvgIpc) is 2.79. The number of hydrogen-bond donors (Lipinski definition) is 1. The van der Waals surface area contributed by atoms with E-state index in [0.29, 0.717) is 19.4 Å². The van der Waals surface area contributed by atoms with Crippen molar-refractivity contribution >= 4 is 26.1 Å². The van der Waals surface area contributed by atoms with Crippen molar-refractivity contribution in [2.24, 2.45) is 0 Å². The van der Waals surface area contributed by atoms with Gasteiger partial charge in [0.15, 0.2) is 8.32 Å². The molecule has 0 bridgehead atoms. The van der Waals surface area contributed by atoms with E-state index in [1.807, 2.05) is 60.7 Å².